The molecule has 4 aromatic rings. The van der Waals surface area contributed by atoms with E-state index in [-0.39, 0.29) is 18.5 Å². The molecular formula is C27H35N9OS. The lowest BCUT2D eigenvalue weighted by atomic mass is 10.1. The lowest BCUT2D eigenvalue weighted by Crippen LogP contribution is -2.46. The number of nitrogens with two attached hydrogens (primary N) is 1. The van der Waals surface area contributed by atoms with Crippen molar-refractivity contribution >= 4 is 27.3 Å². The number of carbonyl (C=O) groups excluding carboxylic acids is 1. The Labute approximate surface area is 227 Å². The molecule has 1 unspecified atom stereocenters. The van der Waals surface area contributed by atoms with Gasteiger partial charge in [0.1, 0.15) is 12.7 Å². The highest BCUT2D eigenvalue weighted by molar-refractivity contribution is 7.17. The number of amides is 1. The summed E-state index contributed by atoms with van der Waals surface area (Å²) in [6.07, 6.45) is 5.16. The molecule has 3 aromatic heterocycles. The van der Waals surface area contributed by atoms with Crippen LogP contribution in [0.5, 0.6) is 0 Å². The van der Waals surface area contributed by atoms with Gasteiger partial charge in [-0.25, -0.2) is 15.0 Å². The van der Waals surface area contributed by atoms with E-state index in [0.29, 0.717) is 12.5 Å². The van der Waals surface area contributed by atoms with Gasteiger partial charge in [-0.15, -0.1) is 11.3 Å². The fraction of sp³-hybridized carbons (Fsp3) is 0.444. The lowest BCUT2D eigenvalue weighted by Gasteiger charge is -2.38. The van der Waals surface area contributed by atoms with Crippen LogP contribution >= 0.6 is 11.3 Å². The van der Waals surface area contributed by atoms with E-state index in [1.54, 1.807) is 22.3 Å². The molecule has 0 saturated carbocycles. The number of carbonyl (C=O) groups is 1. The first-order valence-corrected chi connectivity index (χ1v) is 13.9. The Kier molecular flexibility index (Phi) is 8.38. The Balaban J connectivity index is 1.36. The van der Waals surface area contributed by atoms with E-state index < -0.39 is 0 Å². The summed E-state index contributed by atoms with van der Waals surface area (Å²) in [5.41, 5.74) is 8.71. The first-order chi connectivity index (χ1) is 18.4. The monoisotopic (exact) mass is 533 g/mol. The molecule has 5 rings (SSSR count). The predicted molar refractivity (Wildman–Crippen MR) is 149 cm³/mol. The molecular weight excluding hydrogens is 498 g/mol. The highest BCUT2D eigenvalue weighted by Gasteiger charge is 2.28. The Morgan fingerprint density at radius 2 is 2.05 bits per heavy atom. The minimum atomic E-state index is -0.305. The molecule has 1 aliphatic heterocycles. The summed E-state index contributed by atoms with van der Waals surface area (Å²) in [6, 6.07) is 11.0. The topological polar surface area (TPSA) is 109 Å². The maximum absolute atomic E-state index is 11.8. The van der Waals surface area contributed by atoms with Gasteiger partial charge in [0.2, 0.25) is 5.91 Å². The smallest absolute Gasteiger partial charge is 0.252 e. The maximum Gasteiger partial charge on any atom is 0.252 e. The first kappa shape index (κ1) is 26.4. The van der Waals surface area contributed by atoms with E-state index >= 15 is 0 Å². The number of hydrogen-bond acceptors (Lipinski definition) is 9. The normalized spacial score (nSPS) is 17.6. The summed E-state index contributed by atoms with van der Waals surface area (Å²) >= 11 is 1.78. The number of nitrogens with zero attached hydrogens (tertiary/aromatic N) is 8. The lowest BCUT2D eigenvalue weighted by molar-refractivity contribution is -0.119. The van der Waals surface area contributed by atoms with Crippen molar-refractivity contribution in [1.82, 2.24) is 39.4 Å². The number of hydrogen-bond donors (Lipinski definition) is 1. The molecule has 0 aliphatic carbocycles. The highest BCUT2D eigenvalue weighted by Crippen LogP contribution is 2.25. The third kappa shape index (κ3) is 6.60. The third-order valence-corrected chi connectivity index (χ3v) is 7.88. The molecule has 200 valence electrons. The van der Waals surface area contributed by atoms with Gasteiger partial charge in [0.05, 0.1) is 18.3 Å². The van der Waals surface area contributed by atoms with Crippen LogP contribution in [0.2, 0.25) is 0 Å². The quantitative estimate of drug-likeness (QED) is 0.350. The van der Waals surface area contributed by atoms with E-state index in [0.717, 1.165) is 57.0 Å². The van der Waals surface area contributed by atoms with E-state index in [1.165, 1.54) is 22.0 Å². The minimum absolute atomic E-state index is 0.00539. The molecule has 38 heavy (non-hydrogen) atoms. The fourth-order valence-electron chi connectivity index (χ4n) is 5.14. The van der Waals surface area contributed by atoms with Crippen molar-refractivity contribution in [3.05, 3.63) is 65.3 Å². The number of aromatic nitrogens is 5. The average molecular weight is 534 g/mol. The van der Waals surface area contributed by atoms with Crippen molar-refractivity contribution < 1.29 is 4.79 Å². The number of likely N-dealkylation sites (N-methyl/N-ethyl adjacent to an activating group) is 1. The Morgan fingerprint density at radius 1 is 1.18 bits per heavy atom. The molecule has 10 nitrogen and oxygen atoms in total. The molecule has 11 heteroatoms. The van der Waals surface area contributed by atoms with Gasteiger partial charge in [-0.3, -0.25) is 14.6 Å². The number of aryl methyl sites for hydroxylation is 1. The second-order valence-corrected chi connectivity index (χ2v) is 11.0. The van der Waals surface area contributed by atoms with Gasteiger partial charge in [0, 0.05) is 36.6 Å². The summed E-state index contributed by atoms with van der Waals surface area (Å²) in [6.45, 7) is 7.38. The Hall–Kier alpha value is -3.25. The standard InChI is InChI=1S/C27H35N9OS/c1-20-13-23(32-27(31-20)36-19-29-18-30-36)24-16-34(17-26(28)37)8-3-4-9-35(24)11-10-33(2)15-21-5-6-25-22(14-21)7-12-38-25/h5-7,12-14,18-19,24H,3-4,8-11,15-17H2,1-2H3,(H2,28,37). The zero-order chi connectivity index (χ0) is 26.5. The molecule has 1 fully saturated rings. The van der Waals surface area contributed by atoms with Crippen molar-refractivity contribution in [2.45, 2.75) is 32.4 Å². The Bertz CT molecular complexity index is 1360. The van der Waals surface area contributed by atoms with Crippen LogP contribution in [-0.4, -0.2) is 91.7 Å². The van der Waals surface area contributed by atoms with Crippen LogP contribution in [-0.2, 0) is 11.3 Å². The predicted octanol–water partition coefficient (Wildman–Crippen LogP) is 2.64. The number of thiophene rings is 1. The molecule has 4 heterocycles. The molecule has 1 aliphatic rings. The van der Waals surface area contributed by atoms with Crippen molar-refractivity contribution in [2.24, 2.45) is 5.73 Å². The molecule has 1 amide bonds. The SMILES string of the molecule is Cc1cc(C2CN(CC(N)=O)CCCCN2CCN(C)Cc2ccc3sccc3c2)nc(-n2cncn2)n1. The van der Waals surface area contributed by atoms with Crippen LogP contribution in [0.1, 0.15) is 35.8 Å². The largest absolute Gasteiger partial charge is 0.369 e. The molecule has 0 spiro atoms. The molecule has 1 atom stereocenters. The second kappa shape index (κ2) is 12.1. The number of rotatable bonds is 9. The average Bonchev–Trinajstić information content (AvgIpc) is 3.57. The number of primary amides is 1. The van der Waals surface area contributed by atoms with Crippen molar-refractivity contribution in [3.8, 4) is 5.95 Å². The summed E-state index contributed by atoms with van der Waals surface area (Å²) in [5.74, 6) is 0.197. The zero-order valence-corrected chi connectivity index (χ0v) is 22.8. The molecule has 1 saturated heterocycles. The van der Waals surface area contributed by atoms with Crippen LogP contribution in [0, 0.1) is 6.92 Å². The summed E-state index contributed by atoms with van der Waals surface area (Å²) < 4.78 is 2.91. The molecule has 0 radical (unpaired) electrons. The maximum atomic E-state index is 11.8. The van der Waals surface area contributed by atoms with Crippen LogP contribution in [0.15, 0.2) is 48.4 Å². The van der Waals surface area contributed by atoms with Crippen LogP contribution in [0.3, 0.4) is 0 Å². The summed E-state index contributed by atoms with van der Waals surface area (Å²) in [5, 5.41) is 7.68. The fourth-order valence-corrected chi connectivity index (χ4v) is 5.91. The second-order valence-electron chi connectivity index (χ2n) is 10.1. The van der Waals surface area contributed by atoms with Crippen molar-refractivity contribution in [1.29, 1.82) is 0 Å². The molecule has 0 bridgehead atoms. The van der Waals surface area contributed by atoms with Gasteiger partial charge >= 0.3 is 0 Å². The first-order valence-electron chi connectivity index (χ1n) is 13.0. The Morgan fingerprint density at radius 3 is 2.87 bits per heavy atom. The molecule has 2 N–H and O–H groups in total. The van der Waals surface area contributed by atoms with Gasteiger partial charge in [-0.2, -0.15) is 9.78 Å². The zero-order valence-electron chi connectivity index (χ0n) is 22.0. The minimum Gasteiger partial charge on any atom is -0.369 e. The van der Waals surface area contributed by atoms with Gasteiger partial charge in [-0.1, -0.05) is 6.07 Å². The van der Waals surface area contributed by atoms with E-state index in [9.17, 15) is 4.79 Å². The van der Waals surface area contributed by atoms with Gasteiger partial charge in [0.25, 0.3) is 5.95 Å². The van der Waals surface area contributed by atoms with Gasteiger partial charge in [0.15, 0.2) is 0 Å². The van der Waals surface area contributed by atoms with E-state index in [4.69, 9.17) is 10.7 Å². The van der Waals surface area contributed by atoms with E-state index in [2.05, 4.69) is 66.5 Å². The summed E-state index contributed by atoms with van der Waals surface area (Å²) in [7, 11) is 2.17. The van der Waals surface area contributed by atoms with Crippen LogP contribution in [0.4, 0.5) is 0 Å². The van der Waals surface area contributed by atoms with Crippen LogP contribution in [0.25, 0.3) is 16.0 Å². The van der Waals surface area contributed by atoms with Gasteiger partial charge < -0.3 is 10.6 Å². The molecule has 1 aromatic carbocycles. The third-order valence-electron chi connectivity index (χ3n) is 6.99. The highest BCUT2D eigenvalue weighted by atomic mass is 32.1. The van der Waals surface area contributed by atoms with Gasteiger partial charge in [-0.05, 0) is 80.5 Å². The van der Waals surface area contributed by atoms with Crippen molar-refractivity contribution in [3.63, 3.8) is 0 Å². The number of fused-ring (bicyclic) bond motifs is 1. The summed E-state index contributed by atoms with van der Waals surface area (Å²) in [4.78, 5) is 32.4. The van der Waals surface area contributed by atoms with Crippen LogP contribution < -0.4 is 5.73 Å². The number of benzene rings is 1. The van der Waals surface area contributed by atoms with Crippen molar-refractivity contribution in [2.75, 3.05) is 46.3 Å². The van der Waals surface area contributed by atoms with E-state index in [1.807, 2.05) is 13.0 Å².